The van der Waals surface area contributed by atoms with Crippen molar-refractivity contribution in [2.75, 3.05) is 47.3 Å². The highest BCUT2D eigenvalue weighted by Gasteiger charge is 2.55. The quantitative estimate of drug-likeness (QED) is 0.0926. The molecule has 0 aromatic carbocycles. The van der Waals surface area contributed by atoms with Crippen molar-refractivity contribution in [1.29, 1.82) is 0 Å². The van der Waals surface area contributed by atoms with E-state index in [9.17, 15) is 0 Å². The molecule has 0 radical (unpaired) electrons. The maximum absolute atomic E-state index is 6.83. The fraction of sp³-hybridized carbons (Fsp3) is 1.00. The summed E-state index contributed by atoms with van der Waals surface area (Å²) in [5.74, 6) is 0.785. The smallest absolute Gasteiger partial charge is 0.437 e. The highest BCUT2D eigenvalue weighted by atomic mass is 28.5. The molecule has 0 aromatic rings. The number of rotatable bonds is 22. The molecule has 2 rings (SSSR count). The Balaban J connectivity index is 1.95. The van der Waals surface area contributed by atoms with Crippen LogP contribution in [0.2, 0.25) is 64.5 Å². The van der Waals surface area contributed by atoms with Gasteiger partial charge < -0.3 is 39.5 Å². The van der Waals surface area contributed by atoms with Gasteiger partial charge in [0.15, 0.2) is 16.6 Å². The van der Waals surface area contributed by atoms with Crippen LogP contribution in [0.3, 0.4) is 0 Å². The first kappa shape index (κ1) is 33.9. The van der Waals surface area contributed by atoms with Crippen molar-refractivity contribution in [2.24, 2.45) is 5.92 Å². The first-order valence-corrected chi connectivity index (χ1v) is 27.3. The van der Waals surface area contributed by atoms with Gasteiger partial charge >= 0.3 is 26.2 Å². The lowest BCUT2D eigenvalue weighted by atomic mass is 10.4. The topological polar surface area (TPSA) is 86.4 Å². The summed E-state index contributed by atoms with van der Waals surface area (Å²) >= 11 is 0. The lowest BCUT2D eigenvalue weighted by Crippen LogP contribution is -2.63. The van der Waals surface area contributed by atoms with Crippen molar-refractivity contribution in [3.05, 3.63) is 0 Å². The summed E-state index contributed by atoms with van der Waals surface area (Å²) in [7, 11) is -9.49. The van der Waals surface area contributed by atoms with Gasteiger partial charge in [-0.05, 0) is 96.1 Å². The predicted molar refractivity (Wildman–Crippen MR) is 157 cm³/mol. The van der Waals surface area contributed by atoms with Crippen LogP contribution in [0, 0.1) is 5.92 Å². The molecule has 2 fully saturated rings. The fourth-order valence-corrected chi connectivity index (χ4v) is 24.9. The standard InChI is InChI=1S/C23H54O9Si5/c1-24-37(25-2,30-34(6,7)17-11-15-26-19-22-13-14-22)32-35(8,9)31-36(10,29-33(3,4)5)18-12-16-27-20-23-21-28-23/h22-23H,11-21H2,1-10H3. The average Bonchev–Trinajstić information content (AvgIpc) is 3.65. The van der Waals surface area contributed by atoms with Crippen LogP contribution in [-0.4, -0.2) is 96.2 Å². The van der Waals surface area contributed by atoms with Gasteiger partial charge in [0.25, 0.3) is 0 Å². The molecule has 9 nitrogen and oxygen atoms in total. The van der Waals surface area contributed by atoms with Crippen molar-refractivity contribution in [3.63, 3.8) is 0 Å². The molecule has 220 valence electrons. The van der Waals surface area contributed by atoms with Crippen LogP contribution >= 0.6 is 0 Å². The minimum atomic E-state index is -3.40. The van der Waals surface area contributed by atoms with E-state index < -0.39 is 42.8 Å². The van der Waals surface area contributed by atoms with Crippen molar-refractivity contribution in [1.82, 2.24) is 0 Å². The third-order valence-corrected chi connectivity index (χ3v) is 23.9. The molecule has 0 N–H and O–H groups in total. The Morgan fingerprint density at radius 1 is 0.703 bits per heavy atom. The van der Waals surface area contributed by atoms with Gasteiger partial charge in [-0.1, -0.05) is 0 Å². The monoisotopic (exact) mass is 614 g/mol. The highest BCUT2D eigenvalue weighted by Crippen LogP contribution is 2.31. The molecule has 1 saturated heterocycles. The fourth-order valence-electron chi connectivity index (χ4n) is 4.28. The van der Waals surface area contributed by atoms with E-state index in [0.717, 1.165) is 50.7 Å². The van der Waals surface area contributed by atoms with Gasteiger partial charge in [0, 0.05) is 34.0 Å². The molecule has 2 aliphatic rings. The van der Waals surface area contributed by atoms with Crippen molar-refractivity contribution >= 4 is 42.8 Å². The third kappa shape index (κ3) is 14.8. The van der Waals surface area contributed by atoms with Crippen molar-refractivity contribution < 1.29 is 39.5 Å². The Morgan fingerprint density at radius 2 is 1.27 bits per heavy atom. The summed E-state index contributed by atoms with van der Waals surface area (Å²) in [5.41, 5.74) is 0. The van der Waals surface area contributed by atoms with Crippen molar-refractivity contribution in [2.45, 2.75) is 96.3 Å². The molecule has 1 heterocycles. The molecule has 1 aliphatic carbocycles. The van der Waals surface area contributed by atoms with E-state index in [4.69, 9.17) is 39.5 Å². The minimum absolute atomic E-state index is 0.280. The van der Waals surface area contributed by atoms with Gasteiger partial charge in [-0.25, -0.2) is 0 Å². The molecule has 0 bridgehead atoms. The lowest BCUT2D eigenvalue weighted by molar-refractivity contribution is 0.0661. The summed E-state index contributed by atoms with van der Waals surface area (Å²) < 4.78 is 55.3. The highest BCUT2D eigenvalue weighted by molar-refractivity contribution is 6.89. The number of epoxide rings is 1. The average molecular weight is 615 g/mol. The van der Waals surface area contributed by atoms with Gasteiger partial charge in [-0.3, -0.25) is 0 Å². The lowest BCUT2D eigenvalue weighted by Gasteiger charge is -2.42. The summed E-state index contributed by atoms with van der Waals surface area (Å²) in [4.78, 5) is 0. The van der Waals surface area contributed by atoms with Gasteiger partial charge in [-0.2, -0.15) is 0 Å². The second-order valence-corrected chi connectivity index (χ2v) is 31.4. The normalized spacial score (nSPS) is 20.8. The van der Waals surface area contributed by atoms with E-state index in [1.807, 2.05) is 13.1 Å². The number of hydrogen-bond donors (Lipinski definition) is 0. The maximum atomic E-state index is 6.83. The zero-order valence-corrected chi connectivity index (χ0v) is 30.1. The summed E-state index contributed by atoms with van der Waals surface area (Å²) in [6.07, 6.45) is 4.74. The Morgan fingerprint density at radius 3 is 1.78 bits per heavy atom. The zero-order chi connectivity index (χ0) is 27.8. The van der Waals surface area contributed by atoms with E-state index >= 15 is 0 Å². The minimum Gasteiger partial charge on any atom is -0.437 e. The number of hydrogen-bond acceptors (Lipinski definition) is 9. The summed E-state index contributed by atoms with van der Waals surface area (Å²) in [5, 5.41) is 0. The molecular formula is C23H54O9Si5. The Kier molecular flexibility index (Phi) is 13.4. The molecule has 37 heavy (non-hydrogen) atoms. The van der Waals surface area contributed by atoms with Gasteiger partial charge in [0.2, 0.25) is 0 Å². The van der Waals surface area contributed by atoms with E-state index in [-0.39, 0.29) is 6.10 Å². The van der Waals surface area contributed by atoms with Crippen LogP contribution in [-0.2, 0) is 39.5 Å². The van der Waals surface area contributed by atoms with Crippen LogP contribution < -0.4 is 0 Å². The summed E-state index contributed by atoms with van der Waals surface area (Å²) in [6.45, 7) is 21.0. The first-order chi connectivity index (χ1) is 17.1. The van der Waals surface area contributed by atoms with E-state index in [0.29, 0.717) is 13.2 Å². The molecule has 2 atom stereocenters. The molecule has 1 saturated carbocycles. The molecule has 0 spiro atoms. The molecule has 2 unspecified atom stereocenters. The Hall–Kier alpha value is 0.724. The van der Waals surface area contributed by atoms with Gasteiger partial charge in [-0.15, -0.1) is 0 Å². The number of ether oxygens (including phenoxy) is 3. The van der Waals surface area contributed by atoms with Crippen LogP contribution in [0.25, 0.3) is 0 Å². The maximum Gasteiger partial charge on any atom is 0.659 e. The second kappa shape index (κ2) is 14.6. The molecule has 0 amide bonds. The van der Waals surface area contributed by atoms with Crippen LogP contribution in [0.15, 0.2) is 0 Å². The molecular weight excluding hydrogens is 561 g/mol. The first-order valence-electron chi connectivity index (χ1n) is 13.8. The summed E-state index contributed by atoms with van der Waals surface area (Å²) in [6, 6.07) is 1.78. The predicted octanol–water partition coefficient (Wildman–Crippen LogP) is 5.22. The molecule has 1 aliphatic heterocycles. The Bertz CT molecular complexity index is 667. The SMILES string of the molecule is CO[Si](OC)(O[Si](C)(C)CCCOCC1CC1)O[Si](C)(C)O[Si](C)(CCCOCC1CO1)O[Si](C)(C)C. The van der Waals surface area contributed by atoms with E-state index in [1.54, 1.807) is 14.2 Å². The van der Waals surface area contributed by atoms with Crippen LogP contribution in [0.1, 0.15) is 25.7 Å². The second-order valence-electron chi connectivity index (χ2n) is 12.5. The Labute approximate surface area is 231 Å². The molecule has 0 aromatic heterocycles. The zero-order valence-electron chi connectivity index (χ0n) is 25.1. The van der Waals surface area contributed by atoms with E-state index in [1.165, 1.54) is 12.8 Å². The van der Waals surface area contributed by atoms with Crippen molar-refractivity contribution in [3.8, 4) is 0 Å². The van der Waals surface area contributed by atoms with Gasteiger partial charge in [0.1, 0.15) is 6.10 Å². The third-order valence-electron chi connectivity index (χ3n) is 6.00. The van der Waals surface area contributed by atoms with Gasteiger partial charge in [0.05, 0.1) is 13.2 Å². The van der Waals surface area contributed by atoms with Crippen LogP contribution in [0.5, 0.6) is 0 Å². The van der Waals surface area contributed by atoms with Crippen LogP contribution in [0.4, 0.5) is 0 Å². The van der Waals surface area contributed by atoms with E-state index in [2.05, 4.69) is 39.3 Å². The molecule has 14 heteroatoms. The largest absolute Gasteiger partial charge is 0.659 e.